The Bertz CT molecular complexity index is 1030. The summed E-state index contributed by atoms with van der Waals surface area (Å²) in [6.07, 6.45) is 2.69. The number of halogens is 1. The van der Waals surface area contributed by atoms with Gasteiger partial charge in [-0.1, -0.05) is 17.7 Å². The molecule has 0 N–H and O–H groups in total. The van der Waals surface area contributed by atoms with E-state index in [2.05, 4.69) is 5.10 Å². The van der Waals surface area contributed by atoms with Crippen LogP contribution in [0.15, 0.2) is 23.2 Å². The number of hydrogen-bond acceptors (Lipinski definition) is 6. The quantitative estimate of drug-likeness (QED) is 0.705. The number of aryl methyl sites for hydroxylation is 1. The number of aromatic nitrogens is 2. The lowest BCUT2D eigenvalue weighted by molar-refractivity contribution is -0.116. The summed E-state index contributed by atoms with van der Waals surface area (Å²) in [5.74, 6) is -0.649. The maximum atomic E-state index is 12.7. The summed E-state index contributed by atoms with van der Waals surface area (Å²) < 4.78 is 37.6. The Hall–Kier alpha value is -1.90. The molecule has 0 saturated heterocycles. The number of sulfone groups is 1. The summed E-state index contributed by atoms with van der Waals surface area (Å²) in [6, 6.07) is 5.13. The molecule has 1 aliphatic carbocycles. The number of Topliss-reactive ketones (excluding diaryl/α,β-unsaturated/α-hetero) is 1. The zero-order valence-corrected chi connectivity index (χ0v) is 17.1. The Morgan fingerprint density at radius 3 is 3.00 bits per heavy atom. The first kappa shape index (κ1) is 19.4. The molecule has 2 aliphatic rings. The molecule has 1 aliphatic heterocycles. The molecule has 0 spiro atoms. The lowest BCUT2D eigenvalue weighted by Gasteiger charge is -2.22. The number of carbonyl (C=O) groups is 1. The number of hydrogen-bond donors (Lipinski definition) is 0. The van der Waals surface area contributed by atoms with E-state index in [0.29, 0.717) is 24.1 Å². The number of ketones is 1. The molecule has 9 heteroatoms. The maximum Gasteiger partial charge on any atom is 0.213 e. The van der Waals surface area contributed by atoms with Gasteiger partial charge in [-0.15, -0.1) is 0 Å². The fourth-order valence-electron chi connectivity index (χ4n) is 3.78. The van der Waals surface area contributed by atoms with E-state index in [9.17, 15) is 13.2 Å². The van der Waals surface area contributed by atoms with E-state index < -0.39 is 21.4 Å². The van der Waals surface area contributed by atoms with Crippen molar-refractivity contribution < 1.29 is 22.7 Å². The first-order valence-corrected chi connectivity index (χ1v) is 11.2. The number of benzene rings is 1. The lowest BCUT2D eigenvalue weighted by Crippen LogP contribution is -2.31. The largest absolute Gasteiger partial charge is 0.475 e. The van der Waals surface area contributed by atoms with Gasteiger partial charge in [-0.25, -0.2) is 13.1 Å². The molecule has 0 saturated carbocycles. The summed E-state index contributed by atoms with van der Waals surface area (Å²) in [5, 5.41) is 4.46. The third-order valence-electron chi connectivity index (χ3n) is 5.24. The van der Waals surface area contributed by atoms with E-state index in [0.717, 1.165) is 30.4 Å². The van der Waals surface area contributed by atoms with Crippen molar-refractivity contribution in [3.05, 3.63) is 39.9 Å². The minimum atomic E-state index is -3.87. The SMILES string of the molecule is COC1COc2cc(S(=O)(=O)CC(=O)Cc3c(Cl)ccc4c3CCC4)nn2C1. The van der Waals surface area contributed by atoms with Gasteiger partial charge in [0, 0.05) is 24.6 Å². The average molecular weight is 425 g/mol. The fraction of sp³-hybridized carbons (Fsp3) is 0.474. The number of methoxy groups -OCH3 is 1. The van der Waals surface area contributed by atoms with E-state index in [1.807, 2.05) is 6.07 Å². The van der Waals surface area contributed by atoms with Crippen molar-refractivity contribution in [1.82, 2.24) is 9.78 Å². The highest BCUT2D eigenvalue weighted by molar-refractivity contribution is 7.92. The molecule has 0 fully saturated rings. The third-order valence-corrected chi connectivity index (χ3v) is 7.13. The zero-order valence-electron chi connectivity index (χ0n) is 15.5. The Morgan fingerprint density at radius 1 is 1.39 bits per heavy atom. The van der Waals surface area contributed by atoms with Crippen LogP contribution in [0.4, 0.5) is 0 Å². The van der Waals surface area contributed by atoms with Gasteiger partial charge in [0.05, 0.1) is 6.54 Å². The minimum Gasteiger partial charge on any atom is -0.475 e. The number of rotatable bonds is 6. The fourth-order valence-corrected chi connectivity index (χ4v) is 5.20. The summed E-state index contributed by atoms with van der Waals surface area (Å²) in [6.45, 7) is 0.735. The van der Waals surface area contributed by atoms with E-state index in [1.54, 1.807) is 13.2 Å². The highest BCUT2D eigenvalue weighted by Crippen LogP contribution is 2.31. The standard InChI is InChI=1S/C19H21ClN2O5S/c1-26-14-9-22-19(27-10-14)8-18(21-22)28(24,25)11-13(23)7-16-15-4-2-3-12(15)5-6-17(16)20/h5-6,8,14H,2-4,7,9-11H2,1H3. The van der Waals surface area contributed by atoms with Gasteiger partial charge in [-0.05, 0) is 42.0 Å². The van der Waals surface area contributed by atoms with Crippen molar-refractivity contribution in [2.75, 3.05) is 19.5 Å². The normalized spacial score (nSPS) is 18.4. The summed E-state index contributed by atoms with van der Waals surface area (Å²) in [4.78, 5) is 12.6. The van der Waals surface area contributed by atoms with Crippen LogP contribution in [0, 0.1) is 0 Å². The smallest absolute Gasteiger partial charge is 0.213 e. The van der Waals surface area contributed by atoms with Gasteiger partial charge < -0.3 is 9.47 Å². The monoisotopic (exact) mass is 424 g/mol. The van der Waals surface area contributed by atoms with E-state index in [-0.39, 0.29) is 17.6 Å². The van der Waals surface area contributed by atoms with Gasteiger partial charge in [-0.2, -0.15) is 5.10 Å². The van der Waals surface area contributed by atoms with Gasteiger partial charge >= 0.3 is 0 Å². The predicted octanol–water partition coefficient (Wildman–Crippen LogP) is 2.02. The Labute approximate surface area is 168 Å². The van der Waals surface area contributed by atoms with Crippen LogP contribution in [0.2, 0.25) is 5.02 Å². The molecule has 7 nitrogen and oxygen atoms in total. The number of fused-ring (bicyclic) bond motifs is 2. The Kier molecular flexibility index (Phi) is 5.20. The molecule has 0 radical (unpaired) electrons. The number of carbonyl (C=O) groups excluding carboxylic acids is 1. The van der Waals surface area contributed by atoms with Crippen LogP contribution >= 0.6 is 11.6 Å². The van der Waals surface area contributed by atoms with Crippen LogP contribution in [-0.4, -0.2) is 49.6 Å². The van der Waals surface area contributed by atoms with Gasteiger partial charge in [0.25, 0.3) is 0 Å². The molecule has 1 aromatic heterocycles. The van der Waals surface area contributed by atoms with Crippen LogP contribution in [0.25, 0.3) is 0 Å². The second-order valence-corrected chi connectivity index (χ2v) is 9.51. The van der Waals surface area contributed by atoms with Crippen molar-refractivity contribution in [3.63, 3.8) is 0 Å². The van der Waals surface area contributed by atoms with Crippen LogP contribution < -0.4 is 4.74 Å². The van der Waals surface area contributed by atoms with Crippen molar-refractivity contribution in [2.24, 2.45) is 0 Å². The zero-order chi connectivity index (χ0) is 19.9. The summed E-state index contributed by atoms with van der Waals surface area (Å²) in [7, 11) is -2.31. The van der Waals surface area contributed by atoms with Crippen molar-refractivity contribution in [2.45, 2.75) is 43.4 Å². The maximum absolute atomic E-state index is 12.7. The molecule has 2 heterocycles. The van der Waals surface area contributed by atoms with E-state index in [4.69, 9.17) is 21.1 Å². The average Bonchev–Trinajstić information content (AvgIpc) is 3.30. The second-order valence-electron chi connectivity index (χ2n) is 7.16. The van der Waals surface area contributed by atoms with Gasteiger partial charge in [0.1, 0.15) is 18.5 Å². The topological polar surface area (TPSA) is 87.5 Å². The first-order chi connectivity index (χ1) is 13.4. The van der Waals surface area contributed by atoms with Crippen molar-refractivity contribution in [3.8, 4) is 5.88 Å². The molecular formula is C19H21ClN2O5S. The Morgan fingerprint density at radius 2 is 2.21 bits per heavy atom. The van der Waals surface area contributed by atoms with Gasteiger partial charge in [0.15, 0.2) is 10.8 Å². The summed E-state index contributed by atoms with van der Waals surface area (Å²) in [5.41, 5.74) is 3.05. The number of nitrogens with zero attached hydrogens (tertiary/aromatic N) is 2. The van der Waals surface area contributed by atoms with E-state index in [1.165, 1.54) is 16.3 Å². The molecule has 150 valence electrons. The number of ether oxygens (including phenoxy) is 2. The van der Waals surface area contributed by atoms with Gasteiger partial charge in [0.2, 0.25) is 15.7 Å². The molecule has 1 aromatic carbocycles. The molecule has 0 bridgehead atoms. The van der Waals surface area contributed by atoms with Crippen LogP contribution in [0.5, 0.6) is 5.88 Å². The first-order valence-electron chi connectivity index (χ1n) is 9.14. The molecule has 28 heavy (non-hydrogen) atoms. The van der Waals surface area contributed by atoms with Crippen molar-refractivity contribution >= 4 is 27.2 Å². The van der Waals surface area contributed by atoms with E-state index >= 15 is 0 Å². The summed E-state index contributed by atoms with van der Waals surface area (Å²) >= 11 is 6.29. The van der Waals surface area contributed by atoms with Gasteiger partial charge in [-0.3, -0.25) is 4.79 Å². The second kappa shape index (κ2) is 7.50. The van der Waals surface area contributed by atoms with Crippen LogP contribution in [0.3, 0.4) is 0 Å². The van der Waals surface area contributed by atoms with Crippen molar-refractivity contribution in [1.29, 1.82) is 0 Å². The predicted molar refractivity (Wildman–Crippen MR) is 103 cm³/mol. The minimum absolute atomic E-state index is 0.0110. The molecule has 1 atom stereocenters. The Balaban J connectivity index is 1.51. The molecule has 1 unspecified atom stereocenters. The third kappa shape index (κ3) is 3.68. The highest BCUT2D eigenvalue weighted by atomic mass is 35.5. The van der Waals surface area contributed by atoms with Crippen LogP contribution in [0.1, 0.15) is 23.1 Å². The molecule has 4 rings (SSSR count). The van der Waals surface area contributed by atoms with Crippen LogP contribution in [-0.2, 0) is 45.2 Å². The molecule has 2 aromatic rings. The highest BCUT2D eigenvalue weighted by Gasteiger charge is 2.29. The molecular weight excluding hydrogens is 404 g/mol. The molecule has 0 amide bonds. The lowest BCUT2D eigenvalue weighted by atomic mass is 9.99.